The number of hydrogen-bond acceptors (Lipinski definition) is 5. The van der Waals surface area contributed by atoms with Crippen LogP contribution in [0, 0.1) is 0 Å². The Hall–Kier alpha value is -2.37. The Kier molecular flexibility index (Phi) is 6.85. The molecule has 0 radical (unpaired) electrons. The van der Waals surface area contributed by atoms with Crippen molar-refractivity contribution in [2.75, 3.05) is 20.2 Å². The van der Waals surface area contributed by atoms with Crippen molar-refractivity contribution in [3.8, 4) is 17.1 Å². The van der Waals surface area contributed by atoms with Crippen molar-refractivity contribution < 1.29 is 14.1 Å². The minimum Gasteiger partial charge on any atom is -0.497 e. The first-order valence-corrected chi connectivity index (χ1v) is 9.97. The fourth-order valence-electron chi connectivity index (χ4n) is 3.52. The molecule has 1 aromatic carbocycles. The molecule has 1 aromatic heterocycles. The van der Waals surface area contributed by atoms with Crippen LogP contribution in [-0.2, 0) is 4.79 Å². The highest BCUT2D eigenvalue weighted by molar-refractivity contribution is 5.76. The predicted molar refractivity (Wildman–Crippen MR) is 104 cm³/mol. The summed E-state index contributed by atoms with van der Waals surface area (Å²) in [7, 11) is 1.64. The number of piperidine rings is 1. The lowest BCUT2D eigenvalue weighted by atomic mass is 9.97. The molecule has 1 aliphatic heterocycles. The van der Waals surface area contributed by atoms with Gasteiger partial charge in [-0.3, -0.25) is 4.79 Å². The molecule has 6 heteroatoms. The van der Waals surface area contributed by atoms with E-state index in [9.17, 15) is 4.79 Å². The number of carbonyl (C=O) groups is 1. The van der Waals surface area contributed by atoms with E-state index in [0.29, 0.717) is 24.7 Å². The van der Waals surface area contributed by atoms with Crippen LogP contribution in [0.1, 0.15) is 63.7 Å². The van der Waals surface area contributed by atoms with E-state index >= 15 is 0 Å². The fourth-order valence-corrected chi connectivity index (χ4v) is 3.52. The molecule has 2 aromatic rings. The third kappa shape index (κ3) is 5.08. The van der Waals surface area contributed by atoms with Gasteiger partial charge in [0.05, 0.1) is 13.0 Å². The number of benzene rings is 1. The maximum Gasteiger partial charge on any atom is 0.231 e. The van der Waals surface area contributed by atoms with E-state index in [0.717, 1.165) is 43.5 Å². The predicted octanol–water partition coefficient (Wildman–Crippen LogP) is 4.42. The Labute approximate surface area is 160 Å². The summed E-state index contributed by atoms with van der Waals surface area (Å²) in [6, 6.07) is 7.59. The molecular formula is C21H29N3O3. The average molecular weight is 371 g/mol. The summed E-state index contributed by atoms with van der Waals surface area (Å²) in [6.07, 6.45) is 7.10. The molecule has 1 unspecified atom stereocenters. The molecule has 0 saturated carbocycles. The molecule has 0 N–H and O–H groups in total. The number of nitrogens with zero attached hydrogens (tertiary/aromatic N) is 3. The zero-order valence-electron chi connectivity index (χ0n) is 16.3. The van der Waals surface area contributed by atoms with Crippen molar-refractivity contribution in [1.29, 1.82) is 0 Å². The van der Waals surface area contributed by atoms with Crippen LogP contribution in [0.3, 0.4) is 0 Å². The summed E-state index contributed by atoms with van der Waals surface area (Å²) in [6.45, 7) is 3.70. The SMILES string of the molecule is CCCCCCC(=O)N1CCCC(c2nc(-c3ccc(OC)cc3)no2)C1. The number of methoxy groups -OCH3 is 1. The van der Waals surface area contributed by atoms with E-state index < -0.39 is 0 Å². The number of unbranched alkanes of at least 4 members (excludes halogenated alkanes) is 3. The van der Waals surface area contributed by atoms with Crippen molar-refractivity contribution in [1.82, 2.24) is 15.0 Å². The van der Waals surface area contributed by atoms with E-state index in [1.165, 1.54) is 12.8 Å². The van der Waals surface area contributed by atoms with Gasteiger partial charge in [-0.05, 0) is 43.5 Å². The Morgan fingerprint density at radius 3 is 2.81 bits per heavy atom. The number of ether oxygens (including phenoxy) is 1. The second-order valence-corrected chi connectivity index (χ2v) is 7.17. The highest BCUT2D eigenvalue weighted by Crippen LogP contribution is 2.28. The highest BCUT2D eigenvalue weighted by Gasteiger charge is 2.28. The van der Waals surface area contributed by atoms with E-state index in [-0.39, 0.29) is 11.8 Å². The van der Waals surface area contributed by atoms with E-state index in [1.54, 1.807) is 7.11 Å². The van der Waals surface area contributed by atoms with Gasteiger partial charge in [0.2, 0.25) is 17.6 Å². The number of hydrogen-bond donors (Lipinski definition) is 0. The third-order valence-electron chi connectivity index (χ3n) is 5.16. The third-order valence-corrected chi connectivity index (χ3v) is 5.16. The maximum atomic E-state index is 12.5. The van der Waals surface area contributed by atoms with Crippen molar-refractivity contribution in [2.24, 2.45) is 0 Å². The number of amides is 1. The summed E-state index contributed by atoms with van der Waals surface area (Å²) in [4.78, 5) is 19.0. The topological polar surface area (TPSA) is 68.5 Å². The lowest BCUT2D eigenvalue weighted by molar-refractivity contribution is -0.132. The smallest absolute Gasteiger partial charge is 0.231 e. The summed E-state index contributed by atoms with van der Waals surface area (Å²) in [5.74, 6) is 2.38. The maximum absolute atomic E-state index is 12.5. The second-order valence-electron chi connectivity index (χ2n) is 7.17. The first-order valence-electron chi connectivity index (χ1n) is 9.97. The quantitative estimate of drug-likeness (QED) is 0.643. The molecule has 27 heavy (non-hydrogen) atoms. The molecule has 1 atom stereocenters. The lowest BCUT2D eigenvalue weighted by Gasteiger charge is -2.31. The fraction of sp³-hybridized carbons (Fsp3) is 0.571. The van der Waals surface area contributed by atoms with Gasteiger partial charge in [-0.25, -0.2) is 0 Å². The standard InChI is InChI=1S/C21H29N3O3/c1-3-4-5-6-9-19(25)24-14-7-8-17(15-24)21-22-20(23-27-21)16-10-12-18(26-2)13-11-16/h10-13,17H,3-9,14-15H2,1-2H3. The summed E-state index contributed by atoms with van der Waals surface area (Å²) >= 11 is 0. The summed E-state index contributed by atoms with van der Waals surface area (Å²) in [5, 5.41) is 4.13. The van der Waals surface area contributed by atoms with Gasteiger partial charge < -0.3 is 14.2 Å². The lowest BCUT2D eigenvalue weighted by Crippen LogP contribution is -2.39. The molecule has 2 heterocycles. The molecule has 1 amide bonds. The molecule has 146 valence electrons. The molecule has 0 spiro atoms. The van der Waals surface area contributed by atoms with E-state index in [2.05, 4.69) is 17.1 Å². The molecule has 0 bridgehead atoms. The van der Waals surface area contributed by atoms with Crippen molar-refractivity contribution >= 4 is 5.91 Å². The largest absolute Gasteiger partial charge is 0.497 e. The van der Waals surface area contributed by atoms with Crippen LogP contribution in [-0.4, -0.2) is 41.1 Å². The Morgan fingerprint density at radius 2 is 2.07 bits per heavy atom. The van der Waals surface area contributed by atoms with Crippen molar-refractivity contribution in [2.45, 2.75) is 57.8 Å². The number of likely N-dealkylation sites (tertiary alicyclic amines) is 1. The zero-order chi connectivity index (χ0) is 19.1. The van der Waals surface area contributed by atoms with Crippen molar-refractivity contribution in [3.63, 3.8) is 0 Å². The van der Waals surface area contributed by atoms with Crippen LogP contribution in [0.4, 0.5) is 0 Å². The molecule has 1 saturated heterocycles. The van der Waals surface area contributed by atoms with Crippen LogP contribution >= 0.6 is 0 Å². The number of rotatable bonds is 8. The second kappa shape index (κ2) is 9.53. The van der Waals surface area contributed by atoms with Gasteiger partial charge in [0.1, 0.15) is 5.75 Å². The van der Waals surface area contributed by atoms with Crippen LogP contribution < -0.4 is 4.74 Å². The van der Waals surface area contributed by atoms with Gasteiger partial charge in [-0.2, -0.15) is 4.98 Å². The van der Waals surface area contributed by atoms with Gasteiger partial charge in [0, 0.05) is 25.1 Å². The Bertz CT molecular complexity index is 727. The average Bonchev–Trinajstić information content (AvgIpc) is 3.21. The molecule has 6 nitrogen and oxygen atoms in total. The summed E-state index contributed by atoms with van der Waals surface area (Å²) < 4.78 is 10.7. The van der Waals surface area contributed by atoms with Crippen LogP contribution in [0.2, 0.25) is 0 Å². The molecule has 1 fully saturated rings. The first-order chi connectivity index (χ1) is 13.2. The Morgan fingerprint density at radius 1 is 1.26 bits per heavy atom. The van der Waals surface area contributed by atoms with Crippen molar-refractivity contribution in [3.05, 3.63) is 30.2 Å². The van der Waals surface area contributed by atoms with Gasteiger partial charge in [-0.15, -0.1) is 0 Å². The molecule has 1 aliphatic rings. The number of aromatic nitrogens is 2. The van der Waals surface area contributed by atoms with Gasteiger partial charge in [0.15, 0.2) is 0 Å². The molecule has 0 aliphatic carbocycles. The van der Waals surface area contributed by atoms with E-state index in [1.807, 2.05) is 29.2 Å². The Balaban J connectivity index is 1.59. The first kappa shape index (κ1) is 19.4. The van der Waals surface area contributed by atoms with Gasteiger partial charge in [0.25, 0.3) is 0 Å². The minimum absolute atomic E-state index is 0.123. The molecular weight excluding hydrogens is 342 g/mol. The van der Waals surface area contributed by atoms with Crippen LogP contribution in [0.15, 0.2) is 28.8 Å². The number of carbonyl (C=O) groups excluding carboxylic acids is 1. The minimum atomic E-state index is 0.123. The highest BCUT2D eigenvalue weighted by atomic mass is 16.5. The van der Waals surface area contributed by atoms with Crippen LogP contribution in [0.5, 0.6) is 5.75 Å². The monoisotopic (exact) mass is 371 g/mol. The summed E-state index contributed by atoms with van der Waals surface area (Å²) in [5.41, 5.74) is 0.894. The zero-order valence-corrected chi connectivity index (χ0v) is 16.3. The van der Waals surface area contributed by atoms with E-state index in [4.69, 9.17) is 9.26 Å². The van der Waals surface area contributed by atoms with Gasteiger partial charge in [-0.1, -0.05) is 31.3 Å². The normalized spacial score (nSPS) is 17.1. The van der Waals surface area contributed by atoms with Gasteiger partial charge >= 0.3 is 0 Å². The molecule has 3 rings (SSSR count). The van der Waals surface area contributed by atoms with Crippen LogP contribution in [0.25, 0.3) is 11.4 Å².